The van der Waals surface area contributed by atoms with Crippen molar-refractivity contribution >= 4 is 5.95 Å². The van der Waals surface area contributed by atoms with Crippen LogP contribution in [0.1, 0.15) is 24.5 Å². The highest BCUT2D eigenvalue weighted by Gasteiger charge is 2.10. The Morgan fingerprint density at radius 1 is 1.15 bits per heavy atom. The lowest BCUT2D eigenvalue weighted by atomic mass is 10.1. The predicted molar refractivity (Wildman–Crippen MR) is 80.1 cm³/mol. The molecule has 0 saturated carbocycles. The molecule has 0 bridgehead atoms. The van der Waals surface area contributed by atoms with Crippen LogP contribution in [0.5, 0.6) is 6.01 Å². The number of nitrogens with one attached hydrogen (secondary N) is 1. The van der Waals surface area contributed by atoms with E-state index in [1.165, 1.54) is 5.56 Å². The van der Waals surface area contributed by atoms with Gasteiger partial charge in [-0.25, -0.2) is 0 Å². The standard InChI is InChI=1S/C15H20N4O/c1-5-8-20-15-18-13(17-14(16-4)19-15)12-7-6-10(2)9-11(12)3/h6-7,9H,5,8H2,1-4H3,(H,16,17,18,19). The monoisotopic (exact) mass is 272 g/mol. The van der Waals surface area contributed by atoms with Gasteiger partial charge in [0.25, 0.3) is 0 Å². The Labute approximate surface area is 119 Å². The number of hydrogen-bond donors (Lipinski definition) is 1. The maximum absolute atomic E-state index is 5.52. The van der Waals surface area contributed by atoms with Crippen LogP contribution in [0.3, 0.4) is 0 Å². The molecule has 106 valence electrons. The van der Waals surface area contributed by atoms with Crippen LogP contribution in [0.25, 0.3) is 11.4 Å². The molecule has 20 heavy (non-hydrogen) atoms. The second kappa shape index (κ2) is 6.32. The van der Waals surface area contributed by atoms with Crippen molar-refractivity contribution < 1.29 is 4.74 Å². The zero-order valence-electron chi connectivity index (χ0n) is 12.4. The van der Waals surface area contributed by atoms with Gasteiger partial charge in [0.05, 0.1) is 6.61 Å². The van der Waals surface area contributed by atoms with Gasteiger partial charge >= 0.3 is 6.01 Å². The smallest absolute Gasteiger partial charge is 0.321 e. The van der Waals surface area contributed by atoms with Crippen LogP contribution in [0.2, 0.25) is 0 Å². The van der Waals surface area contributed by atoms with Gasteiger partial charge < -0.3 is 10.1 Å². The number of anilines is 1. The summed E-state index contributed by atoms with van der Waals surface area (Å²) in [5.74, 6) is 1.15. The van der Waals surface area contributed by atoms with Crippen molar-refractivity contribution in [2.75, 3.05) is 19.0 Å². The van der Waals surface area contributed by atoms with Gasteiger partial charge in [0.2, 0.25) is 5.95 Å². The Kier molecular flexibility index (Phi) is 4.50. The molecule has 0 spiro atoms. The number of rotatable bonds is 5. The molecule has 1 aromatic carbocycles. The molecule has 1 heterocycles. The minimum Gasteiger partial charge on any atom is -0.463 e. The molecule has 1 N–H and O–H groups in total. The molecular weight excluding hydrogens is 252 g/mol. The van der Waals surface area contributed by atoms with E-state index < -0.39 is 0 Å². The maximum atomic E-state index is 5.52. The molecule has 5 heteroatoms. The van der Waals surface area contributed by atoms with E-state index >= 15 is 0 Å². The molecule has 5 nitrogen and oxygen atoms in total. The third kappa shape index (κ3) is 3.23. The lowest BCUT2D eigenvalue weighted by Gasteiger charge is -2.09. The van der Waals surface area contributed by atoms with E-state index in [0.29, 0.717) is 24.4 Å². The second-order valence-electron chi connectivity index (χ2n) is 4.68. The maximum Gasteiger partial charge on any atom is 0.321 e. The molecule has 0 aliphatic rings. The van der Waals surface area contributed by atoms with E-state index in [0.717, 1.165) is 17.5 Å². The number of hydrogen-bond acceptors (Lipinski definition) is 5. The van der Waals surface area contributed by atoms with E-state index in [1.807, 2.05) is 13.0 Å². The van der Waals surface area contributed by atoms with E-state index in [9.17, 15) is 0 Å². The van der Waals surface area contributed by atoms with Gasteiger partial charge in [-0.2, -0.15) is 15.0 Å². The first-order valence-electron chi connectivity index (χ1n) is 6.78. The van der Waals surface area contributed by atoms with Crippen LogP contribution in [-0.4, -0.2) is 28.6 Å². The molecule has 0 saturated heterocycles. The van der Waals surface area contributed by atoms with E-state index in [2.05, 4.69) is 46.2 Å². The van der Waals surface area contributed by atoms with Crippen LogP contribution in [0, 0.1) is 13.8 Å². The van der Waals surface area contributed by atoms with Crippen molar-refractivity contribution in [3.8, 4) is 17.4 Å². The number of benzene rings is 1. The van der Waals surface area contributed by atoms with Gasteiger partial charge in [-0.05, 0) is 25.8 Å². The first-order valence-corrected chi connectivity index (χ1v) is 6.78. The number of aryl methyl sites for hydroxylation is 2. The molecule has 2 rings (SSSR count). The summed E-state index contributed by atoms with van der Waals surface area (Å²) >= 11 is 0. The van der Waals surface area contributed by atoms with Crippen molar-refractivity contribution in [1.29, 1.82) is 0 Å². The Hall–Kier alpha value is -2.17. The fourth-order valence-corrected chi connectivity index (χ4v) is 1.91. The third-order valence-corrected chi connectivity index (χ3v) is 2.90. The Bertz CT molecular complexity index is 598. The summed E-state index contributed by atoms with van der Waals surface area (Å²) < 4.78 is 5.52. The minimum atomic E-state index is 0.362. The molecule has 0 unspecified atom stereocenters. The van der Waals surface area contributed by atoms with Gasteiger partial charge in [-0.3, -0.25) is 0 Å². The molecule has 2 aromatic rings. The van der Waals surface area contributed by atoms with Crippen molar-refractivity contribution in [3.05, 3.63) is 29.3 Å². The van der Waals surface area contributed by atoms with Crippen molar-refractivity contribution in [2.24, 2.45) is 0 Å². The zero-order valence-corrected chi connectivity index (χ0v) is 12.4. The summed E-state index contributed by atoms with van der Waals surface area (Å²) in [6, 6.07) is 6.56. The molecule has 0 aliphatic heterocycles. The van der Waals surface area contributed by atoms with Crippen LogP contribution < -0.4 is 10.1 Å². The second-order valence-corrected chi connectivity index (χ2v) is 4.68. The average molecular weight is 272 g/mol. The summed E-state index contributed by atoms with van der Waals surface area (Å²) in [5, 5.41) is 2.94. The van der Waals surface area contributed by atoms with Gasteiger partial charge in [-0.15, -0.1) is 0 Å². The average Bonchev–Trinajstić information content (AvgIpc) is 2.44. The van der Waals surface area contributed by atoms with Gasteiger partial charge in [0.15, 0.2) is 5.82 Å². The largest absolute Gasteiger partial charge is 0.463 e. The summed E-state index contributed by atoms with van der Waals surface area (Å²) in [7, 11) is 1.78. The number of aromatic nitrogens is 3. The summed E-state index contributed by atoms with van der Waals surface area (Å²) in [5.41, 5.74) is 3.35. The fraction of sp³-hybridized carbons (Fsp3) is 0.400. The summed E-state index contributed by atoms with van der Waals surface area (Å²) in [4.78, 5) is 13.0. The zero-order chi connectivity index (χ0) is 14.5. The van der Waals surface area contributed by atoms with Gasteiger partial charge in [-0.1, -0.05) is 30.7 Å². The van der Waals surface area contributed by atoms with E-state index in [-0.39, 0.29) is 0 Å². The highest BCUT2D eigenvalue weighted by molar-refractivity contribution is 5.61. The van der Waals surface area contributed by atoms with Crippen LogP contribution in [0.15, 0.2) is 18.2 Å². The predicted octanol–water partition coefficient (Wildman–Crippen LogP) is 2.99. The van der Waals surface area contributed by atoms with Gasteiger partial charge in [0, 0.05) is 12.6 Å². The lowest BCUT2D eigenvalue weighted by Crippen LogP contribution is -2.06. The molecular formula is C15H20N4O. The molecule has 1 aromatic heterocycles. The van der Waals surface area contributed by atoms with Crippen LogP contribution in [0.4, 0.5) is 5.95 Å². The SMILES string of the molecule is CCCOc1nc(NC)nc(-c2ccc(C)cc2C)n1. The quantitative estimate of drug-likeness (QED) is 0.906. The highest BCUT2D eigenvalue weighted by atomic mass is 16.5. The topological polar surface area (TPSA) is 59.9 Å². The minimum absolute atomic E-state index is 0.362. The Morgan fingerprint density at radius 2 is 1.95 bits per heavy atom. The van der Waals surface area contributed by atoms with E-state index in [4.69, 9.17) is 4.74 Å². The molecule has 0 radical (unpaired) electrons. The van der Waals surface area contributed by atoms with Crippen molar-refractivity contribution in [2.45, 2.75) is 27.2 Å². The normalized spacial score (nSPS) is 10.4. The summed E-state index contributed by atoms with van der Waals surface area (Å²) in [6.07, 6.45) is 0.916. The van der Waals surface area contributed by atoms with Crippen molar-refractivity contribution in [1.82, 2.24) is 15.0 Å². The number of ether oxygens (including phenoxy) is 1. The molecule has 0 aliphatic carbocycles. The molecule has 0 amide bonds. The molecule has 0 atom stereocenters. The number of nitrogens with zero attached hydrogens (tertiary/aromatic N) is 3. The first-order chi connectivity index (χ1) is 9.63. The first kappa shape index (κ1) is 14.2. The van der Waals surface area contributed by atoms with E-state index in [1.54, 1.807) is 7.05 Å². The Morgan fingerprint density at radius 3 is 2.60 bits per heavy atom. The van der Waals surface area contributed by atoms with Crippen molar-refractivity contribution in [3.63, 3.8) is 0 Å². The fourth-order valence-electron chi connectivity index (χ4n) is 1.91. The Balaban J connectivity index is 2.44. The summed E-state index contributed by atoms with van der Waals surface area (Å²) in [6.45, 7) is 6.77. The lowest BCUT2D eigenvalue weighted by molar-refractivity contribution is 0.292. The highest BCUT2D eigenvalue weighted by Crippen LogP contribution is 2.23. The third-order valence-electron chi connectivity index (χ3n) is 2.90. The molecule has 0 fully saturated rings. The van der Waals surface area contributed by atoms with Crippen LogP contribution >= 0.6 is 0 Å². The van der Waals surface area contributed by atoms with Gasteiger partial charge in [0.1, 0.15) is 0 Å². The van der Waals surface area contributed by atoms with Crippen LogP contribution in [-0.2, 0) is 0 Å².